The Kier molecular flexibility index (Phi) is 6.27. The van der Waals surface area contributed by atoms with Gasteiger partial charge < -0.3 is 20.3 Å². The molecule has 2 bridgehead atoms. The molecule has 39 heavy (non-hydrogen) atoms. The van der Waals surface area contributed by atoms with E-state index in [2.05, 4.69) is 30.4 Å². The molecule has 4 saturated heterocycles. The Labute approximate surface area is 227 Å². The van der Waals surface area contributed by atoms with Gasteiger partial charge in [-0.15, -0.1) is 0 Å². The molecular weight excluding hydrogens is 500 g/mol. The van der Waals surface area contributed by atoms with Crippen LogP contribution >= 0.6 is 0 Å². The molecule has 0 amide bonds. The number of benzene rings is 1. The fourth-order valence-corrected chi connectivity index (χ4v) is 7.22. The first-order valence-electron chi connectivity index (χ1n) is 14.3. The molecule has 0 radical (unpaired) electrons. The van der Waals surface area contributed by atoms with Gasteiger partial charge in [0.05, 0.1) is 16.6 Å². The standard InChI is InChI=1S/C29H35F2N7O/c1-2-32-24-20(6-3-7-22(24)30)25-23(31)26-21(14-33-25)27(37-15-18-8-9-19(16-37)34-18)36-28(35-26)39-17-29-10-4-12-38(29)13-5-11-29/h3,6-7,14,18-19,32,34H,2,4-5,8-13,15-17H2,1H3/t18-,19+. The van der Waals surface area contributed by atoms with Crippen LogP contribution in [0.15, 0.2) is 24.4 Å². The van der Waals surface area contributed by atoms with Crippen LogP contribution in [0.2, 0.25) is 0 Å². The third kappa shape index (κ3) is 4.28. The van der Waals surface area contributed by atoms with E-state index in [1.165, 1.54) is 18.9 Å². The summed E-state index contributed by atoms with van der Waals surface area (Å²) in [6.07, 6.45) is 8.41. The lowest BCUT2D eigenvalue weighted by molar-refractivity contribution is 0.108. The van der Waals surface area contributed by atoms with Crippen LogP contribution in [0.25, 0.3) is 22.2 Å². The zero-order chi connectivity index (χ0) is 26.6. The SMILES string of the molecule is CCNc1c(F)cccc1-c1ncc2c(N3C[C@H]4CC[C@@H](C3)N4)nc(OCC34CCCN3CCC4)nc2c1F. The van der Waals surface area contributed by atoms with Crippen molar-refractivity contribution in [3.63, 3.8) is 0 Å². The normalized spacial score (nSPS) is 23.9. The molecule has 206 valence electrons. The number of fused-ring (bicyclic) bond motifs is 4. The quantitative estimate of drug-likeness (QED) is 0.463. The minimum absolute atomic E-state index is 0.0247. The number of nitrogens with zero attached hydrogens (tertiary/aromatic N) is 5. The highest BCUT2D eigenvalue weighted by Crippen LogP contribution is 2.40. The summed E-state index contributed by atoms with van der Waals surface area (Å²) in [7, 11) is 0. The van der Waals surface area contributed by atoms with E-state index in [1.54, 1.807) is 18.3 Å². The van der Waals surface area contributed by atoms with Crippen LogP contribution in [0.5, 0.6) is 6.01 Å². The smallest absolute Gasteiger partial charge is 0.319 e. The van der Waals surface area contributed by atoms with E-state index in [1.807, 2.05) is 6.92 Å². The molecule has 0 saturated carbocycles. The van der Waals surface area contributed by atoms with Gasteiger partial charge >= 0.3 is 6.01 Å². The molecule has 7 rings (SSSR count). The van der Waals surface area contributed by atoms with Gasteiger partial charge in [-0.2, -0.15) is 9.97 Å². The van der Waals surface area contributed by atoms with Crippen molar-refractivity contribution < 1.29 is 13.5 Å². The molecule has 0 spiro atoms. The third-order valence-electron chi connectivity index (χ3n) is 9.06. The second kappa shape index (κ2) is 9.82. The number of hydrogen-bond donors (Lipinski definition) is 2. The lowest BCUT2D eigenvalue weighted by Gasteiger charge is -2.34. The molecule has 4 aliphatic rings. The Morgan fingerprint density at radius 2 is 1.87 bits per heavy atom. The summed E-state index contributed by atoms with van der Waals surface area (Å²) < 4.78 is 37.4. The van der Waals surface area contributed by atoms with Gasteiger partial charge in [0.25, 0.3) is 0 Å². The first kappa shape index (κ1) is 24.9. The number of ether oxygens (including phenoxy) is 1. The molecule has 3 aromatic rings. The van der Waals surface area contributed by atoms with Gasteiger partial charge in [-0.25, -0.2) is 8.78 Å². The molecule has 10 heteroatoms. The van der Waals surface area contributed by atoms with Crippen LogP contribution in [0.1, 0.15) is 45.4 Å². The number of pyridine rings is 1. The maximum Gasteiger partial charge on any atom is 0.319 e. The van der Waals surface area contributed by atoms with E-state index < -0.39 is 11.6 Å². The predicted octanol–water partition coefficient (Wildman–Crippen LogP) is 4.35. The van der Waals surface area contributed by atoms with Gasteiger partial charge in [-0.3, -0.25) is 9.88 Å². The van der Waals surface area contributed by atoms with Gasteiger partial charge in [0.2, 0.25) is 0 Å². The van der Waals surface area contributed by atoms with E-state index in [-0.39, 0.29) is 28.4 Å². The Morgan fingerprint density at radius 3 is 2.62 bits per heavy atom. The lowest BCUT2D eigenvalue weighted by Crippen LogP contribution is -2.51. The highest BCUT2D eigenvalue weighted by molar-refractivity contribution is 5.93. The molecule has 0 unspecified atom stereocenters. The van der Waals surface area contributed by atoms with Gasteiger partial charge in [-0.1, -0.05) is 12.1 Å². The number of rotatable bonds is 7. The van der Waals surface area contributed by atoms with Crippen molar-refractivity contribution in [3.05, 3.63) is 36.0 Å². The molecule has 0 aliphatic carbocycles. The second-order valence-corrected chi connectivity index (χ2v) is 11.5. The number of anilines is 2. The minimum atomic E-state index is -0.592. The summed E-state index contributed by atoms with van der Waals surface area (Å²) >= 11 is 0. The van der Waals surface area contributed by atoms with Crippen molar-refractivity contribution in [2.24, 2.45) is 0 Å². The van der Waals surface area contributed by atoms with Crippen LogP contribution in [0.3, 0.4) is 0 Å². The minimum Gasteiger partial charge on any atom is -0.461 e. The van der Waals surface area contributed by atoms with Gasteiger partial charge in [0.15, 0.2) is 5.82 Å². The lowest BCUT2D eigenvalue weighted by atomic mass is 9.95. The summed E-state index contributed by atoms with van der Waals surface area (Å²) in [5.74, 6) is -0.383. The van der Waals surface area contributed by atoms with Crippen molar-refractivity contribution in [3.8, 4) is 17.3 Å². The summed E-state index contributed by atoms with van der Waals surface area (Å²) in [5.41, 5.74) is 0.842. The van der Waals surface area contributed by atoms with Crippen molar-refractivity contribution in [1.82, 2.24) is 25.2 Å². The first-order valence-corrected chi connectivity index (χ1v) is 14.3. The van der Waals surface area contributed by atoms with Crippen LogP contribution in [-0.2, 0) is 0 Å². The number of nitrogens with one attached hydrogen (secondary N) is 2. The fraction of sp³-hybridized carbons (Fsp3) is 0.552. The van der Waals surface area contributed by atoms with Crippen LogP contribution < -0.4 is 20.3 Å². The largest absolute Gasteiger partial charge is 0.461 e. The highest BCUT2D eigenvalue weighted by atomic mass is 19.1. The number of piperazine rings is 1. The summed E-state index contributed by atoms with van der Waals surface area (Å²) in [6.45, 7) is 6.65. The highest BCUT2D eigenvalue weighted by Gasteiger charge is 2.45. The van der Waals surface area contributed by atoms with Crippen molar-refractivity contribution in [1.29, 1.82) is 0 Å². The average molecular weight is 536 g/mol. The fourth-order valence-electron chi connectivity index (χ4n) is 7.22. The summed E-state index contributed by atoms with van der Waals surface area (Å²) in [5, 5.41) is 7.22. The number of aromatic nitrogens is 3. The van der Waals surface area contributed by atoms with E-state index >= 15 is 4.39 Å². The zero-order valence-electron chi connectivity index (χ0n) is 22.3. The summed E-state index contributed by atoms with van der Waals surface area (Å²) in [4.78, 5) is 18.7. The summed E-state index contributed by atoms with van der Waals surface area (Å²) in [6, 6.07) is 5.57. The van der Waals surface area contributed by atoms with Crippen molar-refractivity contribution in [2.75, 3.05) is 49.5 Å². The average Bonchev–Trinajstić information content (AvgIpc) is 3.62. The Hall–Kier alpha value is -3.11. The second-order valence-electron chi connectivity index (χ2n) is 11.5. The molecule has 4 fully saturated rings. The maximum atomic E-state index is 16.4. The maximum absolute atomic E-state index is 16.4. The molecule has 2 N–H and O–H groups in total. The molecule has 1 aromatic carbocycles. The van der Waals surface area contributed by atoms with Crippen LogP contribution in [0, 0.1) is 11.6 Å². The van der Waals surface area contributed by atoms with E-state index in [0.717, 1.165) is 51.9 Å². The monoisotopic (exact) mass is 535 g/mol. The van der Waals surface area contributed by atoms with Gasteiger partial charge in [-0.05, 0) is 64.6 Å². The topological polar surface area (TPSA) is 78.4 Å². The van der Waals surface area contributed by atoms with E-state index in [9.17, 15) is 4.39 Å². The molecule has 2 atom stereocenters. The number of halogens is 2. The predicted molar refractivity (Wildman–Crippen MR) is 147 cm³/mol. The number of para-hydroxylation sites is 1. The Morgan fingerprint density at radius 1 is 1.10 bits per heavy atom. The van der Waals surface area contributed by atoms with Crippen LogP contribution in [-0.4, -0.2) is 76.8 Å². The zero-order valence-corrected chi connectivity index (χ0v) is 22.3. The van der Waals surface area contributed by atoms with Gasteiger partial charge in [0.1, 0.15) is 29.5 Å². The third-order valence-corrected chi connectivity index (χ3v) is 9.06. The Bertz CT molecular complexity index is 1380. The Balaban J connectivity index is 1.32. The molecular formula is C29H35F2N7O. The van der Waals surface area contributed by atoms with Crippen LogP contribution in [0.4, 0.5) is 20.3 Å². The van der Waals surface area contributed by atoms with E-state index in [4.69, 9.17) is 9.72 Å². The van der Waals surface area contributed by atoms with Crippen molar-refractivity contribution >= 4 is 22.4 Å². The van der Waals surface area contributed by atoms with Crippen molar-refractivity contribution in [2.45, 2.75) is 63.1 Å². The van der Waals surface area contributed by atoms with Gasteiger partial charge in [0, 0.05) is 43.5 Å². The molecule has 6 heterocycles. The molecule has 4 aliphatic heterocycles. The molecule has 8 nitrogen and oxygen atoms in total. The number of hydrogen-bond acceptors (Lipinski definition) is 8. The first-order chi connectivity index (χ1) is 19.0. The van der Waals surface area contributed by atoms with E-state index in [0.29, 0.717) is 42.0 Å². The molecule has 2 aromatic heterocycles.